The molecule has 2 saturated heterocycles. The van der Waals surface area contributed by atoms with Gasteiger partial charge in [0.2, 0.25) is 23.6 Å². The Morgan fingerprint density at radius 3 is 2.43 bits per heavy atom. The van der Waals surface area contributed by atoms with Crippen LogP contribution in [-0.2, 0) is 19.2 Å². The van der Waals surface area contributed by atoms with Crippen molar-refractivity contribution in [2.24, 2.45) is 35.0 Å². The van der Waals surface area contributed by atoms with Crippen LogP contribution in [0.25, 0.3) is 6.08 Å². The van der Waals surface area contributed by atoms with Crippen molar-refractivity contribution >= 4 is 65.3 Å². The normalized spacial score (nSPS) is 27.7. The lowest BCUT2D eigenvalue weighted by Gasteiger charge is -2.47. The second-order valence-corrected chi connectivity index (χ2v) is 13.5. The number of imide groups is 2. The van der Waals surface area contributed by atoms with Crippen LogP contribution >= 0.6 is 11.6 Å². The van der Waals surface area contributed by atoms with Crippen LogP contribution in [0.1, 0.15) is 25.3 Å². The van der Waals surface area contributed by atoms with Crippen LogP contribution in [-0.4, -0.2) is 53.0 Å². The number of aromatic hydroxyl groups is 1. The van der Waals surface area contributed by atoms with E-state index >= 15 is 0 Å². The molecule has 0 radical (unpaired) electrons. The fourth-order valence-electron chi connectivity index (χ4n) is 8.17. The predicted octanol–water partition coefficient (Wildman–Crippen LogP) is 3.85. The van der Waals surface area contributed by atoms with Crippen LogP contribution < -0.4 is 20.0 Å². The van der Waals surface area contributed by atoms with Gasteiger partial charge in [-0.15, -0.1) is 0 Å². The van der Waals surface area contributed by atoms with E-state index in [0.717, 1.165) is 21.4 Å². The highest BCUT2D eigenvalue weighted by atomic mass is 35.5. The maximum Gasteiger partial charge on any atom is 0.488 e. The van der Waals surface area contributed by atoms with Gasteiger partial charge in [-0.25, -0.2) is 9.29 Å². The van der Waals surface area contributed by atoms with Crippen molar-refractivity contribution in [3.63, 3.8) is 0 Å². The Morgan fingerprint density at radius 2 is 1.71 bits per heavy atom. The van der Waals surface area contributed by atoms with Gasteiger partial charge < -0.3 is 19.9 Å². The molecular weight excluding hydrogens is 654 g/mol. The fourth-order valence-corrected chi connectivity index (χ4v) is 8.35. The molecule has 0 aromatic heterocycles. The van der Waals surface area contributed by atoms with E-state index in [9.17, 15) is 38.7 Å². The molecule has 7 rings (SSSR count). The summed E-state index contributed by atoms with van der Waals surface area (Å²) in [6.07, 6.45) is 5.81. The molecule has 0 bridgehead atoms. The quantitative estimate of drug-likeness (QED) is 0.202. The number of rotatable bonds is 6. The second kappa shape index (κ2) is 12.0. The van der Waals surface area contributed by atoms with Gasteiger partial charge in [0.05, 0.1) is 46.7 Å². The first-order valence-corrected chi connectivity index (χ1v) is 16.2. The highest BCUT2D eigenvalue weighted by Crippen LogP contribution is 2.61. The van der Waals surface area contributed by atoms with Gasteiger partial charge in [0, 0.05) is 5.92 Å². The molecule has 1 saturated carbocycles. The largest absolute Gasteiger partial charge is 0.504 e. The van der Waals surface area contributed by atoms with Gasteiger partial charge in [0.1, 0.15) is 5.82 Å². The topological polar surface area (TPSA) is 145 Å². The molecule has 3 fully saturated rings. The lowest BCUT2D eigenvalue weighted by Crippen LogP contribution is -2.49. The number of carbonyl (C=O) groups excluding carboxylic acids is 4. The number of hydrogen-bond donors (Lipinski definition) is 3. The molecule has 3 N–H and O–H groups in total. The molecule has 3 aromatic rings. The SMILES string of the molecule is COc1cc(C=C[C@H]2C3=CC[C@@H]4C(=O)N(c5cccc(B(O)O)c5)C(=O)[C@@H]4[C@@H]3C[C@H]3C(=O)N(c4ccc(F)c(Cl)c4)C(=O)[C@@]23C)ccc1O. The van der Waals surface area contributed by atoms with Crippen LogP contribution in [0.5, 0.6) is 11.5 Å². The Morgan fingerprint density at radius 1 is 0.959 bits per heavy atom. The number of carbonyl (C=O) groups is 4. The zero-order valence-electron chi connectivity index (χ0n) is 26.4. The number of methoxy groups -OCH3 is 1. The van der Waals surface area contributed by atoms with Crippen molar-refractivity contribution in [1.29, 1.82) is 0 Å². The van der Waals surface area contributed by atoms with Crippen LogP contribution in [0.2, 0.25) is 5.02 Å². The average molecular weight is 685 g/mol. The summed E-state index contributed by atoms with van der Waals surface area (Å²) in [5.41, 5.74) is 0.539. The summed E-state index contributed by atoms with van der Waals surface area (Å²) in [5.74, 6) is -6.16. The number of benzene rings is 3. The number of anilines is 2. The van der Waals surface area contributed by atoms with Gasteiger partial charge in [0.15, 0.2) is 11.5 Å². The number of fused-ring (bicyclic) bond motifs is 4. The van der Waals surface area contributed by atoms with Crippen molar-refractivity contribution in [3.05, 3.63) is 94.8 Å². The minimum atomic E-state index is -1.80. The monoisotopic (exact) mass is 684 g/mol. The minimum absolute atomic E-state index is 0.0522. The number of nitrogens with zero attached hydrogens (tertiary/aromatic N) is 2. The van der Waals surface area contributed by atoms with Gasteiger partial charge in [-0.05, 0) is 79.2 Å². The van der Waals surface area contributed by atoms with E-state index in [2.05, 4.69) is 0 Å². The molecule has 10 nitrogen and oxygen atoms in total. The Balaban J connectivity index is 1.33. The van der Waals surface area contributed by atoms with E-state index in [1.807, 2.05) is 12.2 Å². The number of phenols is 1. The fraction of sp³-hybridized carbons (Fsp3) is 0.278. The number of phenolic OH excluding ortho intramolecular Hbond substituents is 1. The van der Waals surface area contributed by atoms with E-state index in [0.29, 0.717) is 5.56 Å². The molecule has 2 aliphatic carbocycles. The Kier molecular flexibility index (Phi) is 8.00. The predicted molar refractivity (Wildman–Crippen MR) is 179 cm³/mol. The lowest BCUT2D eigenvalue weighted by molar-refractivity contribution is -0.132. The van der Waals surface area contributed by atoms with Gasteiger partial charge in [-0.2, -0.15) is 0 Å². The summed E-state index contributed by atoms with van der Waals surface area (Å²) < 4.78 is 19.4. The first-order chi connectivity index (χ1) is 23.4. The third-order valence-electron chi connectivity index (χ3n) is 10.6. The highest BCUT2D eigenvalue weighted by Gasteiger charge is 2.67. The molecule has 3 aromatic carbocycles. The first kappa shape index (κ1) is 32.8. The van der Waals surface area contributed by atoms with Crippen LogP contribution in [0.3, 0.4) is 0 Å². The number of ether oxygens (including phenoxy) is 1. The van der Waals surface area contributed by atoms with Crippen molar-refractivity contribution in [1.82, 2.24) is 0 Å². The highest BCUT2D eigenvalue weighted by molar-refractivity contribution is 6.58. The van der Waals surface area contributed by atoms with Crippen LogP contribution in [0, 0.1) is 40.8 Å². The van der Waals surface area contributed by atoms with E-state index in [1.165, 1.54) is 43.5 Å². The third-order valence-corrected chi connectivity index (χ3v) is 10.9. The van der Waals surface area contributed by atoms with E-state index < -0.39 is 71.6 Å². The molecule has 49 heavy (non-hydrogen) atoms. The summed E-state index contributed by atoms with van der Waals surface area (Å²) in [6, 6.07) is 14.3. The molecule has 4 amide bonds. The lowest BCUT2D eigenvalue weighted by atomic mass is 9.52. The molecule has 4 aliphatic rings. The second-order valence-electron chi connectivity index (χ2n) is 13.1. The number of amides is 4. The van der Waals surface area contributed by atoms with E-state index in [-0.39, 0.29) is 46.2 Å². The van der Waals surface area contributed by atoms with E-state index in [1.54, 1.807) is 31.2 Å². The third kappa shape index (κ3) is 5.00. The molecule has 6 atom stereocenters. The summed E-state index contributed by atoms with van der Waals surface area (Å²) in [5, 5.41) is 29.3. The van der Waals surface area contributed by atoms with Crippen molar-refractivity contribution in [3.8, 4) is 11.5 Å². The van der Waals surface area contributed by atoms with Crippen molar-refractivity contribution < 1.29 is 43.5 Å². The first-order valence-electron chi connectivity index (χ1n) is 15.8. The van der Waals surface area contributed by atoms with Gasteiger partial charge in [-0.1, -0.05) is 53.6 Å². The maximum atomic E-state index is 14.5. The Bertz CT molecular complexity index is 2000. The summed E-state index contributed by atoms with van der Waals surface area (Å²) in [6.45, 7) is 1.72. The smallest absolute Gasteiger partial charge is 0.488 e. The zero-order chi connectivity index (χ0) is 34.9. The molecule has 250 valence electrons. The molecule has 0 spiro atoms. The van der Waals surface area contributed by atoms with Gasteiger partial charge in [0.25, 0.3) is 0 Å². The zero-order valence-corrected chi connectivity index (χ0v) is 27.2. The minimum Gasteiger partial charge on any atom is -0.504 e. The van der Waals surface area contributed by atoms with Crippen molar-refractivity contribution in [2.75, 3.05) is 16.9 Å². The number of halogens is 2. The number of allylic oxidation sites excluding steroid dienone is 3. The maximum absolute atomic E-state index is 14.5. The summed E-state index contributed by atoms with van der Waals surface area (Å²) in [7, 11) is -0.376. The Hall–Kier alpha value is -4.78. The van der Waals surface area contributed by atoms with Gasteiger partial charge >= 0.3 is 7.12 Å². The summed E-state index contributed by atoms with van der Waals surface area (Å²) >= 11 is 6.06. The van der Waals surface area contributed by atoms with Gasteiger partial charge in [-0.3, -0.25) is 24.1 Å². The average Bonchev–Trinajstić information content (AvgIpc) is 3.45. The molecule has 0 unspecified atom stereocenters. The van der Waals surface area contributed by atoms with E-state index in [4.69, 9.17) is 16.3 Å². The standard InChI is InChI=1S/C36H31BClFN2O8/c1-36-25(11-6-18-7-13-29(42)30(14-18)49-2)22-9-10-23-31(34(45)40(32(23)43)20-5-3-4-19(15-20)37(47)48)24(22)17-26(36)33(44)41(35(36)46)21-8-12-28(39)27(38)16-21/h3-9,11-16,23-26,31,42,47-48H,10,17H2,1-2H3/t23-,24+,25-,26-,31-,36-/m0/s1. The summed E-state index contributed by atoms with van der Waals surface area (Å²) in [4.78, 5) is 58.9. The van der Waals surface area contributed by atoms with Crippen molar-refractivity contribution in [2.45, 2.75) is 19.8 Å². The number of hydrogen-bond acceptors (Lipinski definition) is 8. The molecule has 2 heterocycles. The molecular formula is C36H31BClFN2O8. The van der Waals surface area contributed by atoms with Crippen LogP contribution in [0.15, 0.2) is 78.4 Å². The molecule has 13 heteroatoms. The van der Waals surface area contributed by atoms with Crippen LogP contribution in [0.4, 0.5) is 15.8 Å². The molecule has 2 aliphatic heterocycles. The Labute approximate surface area is 286 Å².